The summed E-state index contributed by atoms with van der Waals surface area (Å²) >= 11 is 1.30. The van der Waals surface area contributed by atoms with Crippen molar-refractivity contribution in [3.05, 3.63) is 23.8 Å². The van der Waals surface area contributed by atoms with E-state index in [9.17, 15) is 15.0 Å². The first kappa shape index (κ1) is 33.2. The average Bonchev–Trinajstić information content (AvgIpc) is 3.33. The fourth-order valence-electron chi connectivity index (χ4n) is 3.11. The first-order valence-corrected chi connectivity index (χ1v) is 13.8. The Bertz CT molecular complexity index is 857. The van der Waals surface area contributed by atoms with E-state index >= 15 is 0 Å². The van der Waals surface area contributed by atoms with Crippen LogP contribution in [-0.4, -0.2) is 132 Å². The SMILES string of the molecule is COCCOCCOCCOCCOCCOCCOCCOc1cccc(C2=N[C@@](C)(C(=O)O)CS2)c1O. The third kappa shape index (κ3) is 13.3. The molecule has 2 N–H and O–H groups in total. The Morgan fingerprint density at radius 3 is 1.72 bits per heavy atom. The second-order valence-electron chi connectivity index (χ2n) is 8.45. The number of methoxy groups -OCH3 is 1. The van der Waals surface area contributed by atoms with Crippen molar-refractivity contribution >= 4 is 22.8 Å². The molecule has 0 amide bonds. The van der Waals surface area contributed by atoms with Gasteiger partial charge in [0.1, 0.15) is 11.7 Å². The number of hydrogen-bond donors (Lipinski definition) is 2. The van der Waals surface area contributed by atoms with Gasteiger partial charge in [-0.15, -0.1) is 11.8 Å². The summed E-state index contributed by atoms with van der Waals surface area (Å²) in [6.07, 6.45) is 0. The van der Waals surface area contributed by atoms with Crippen LogP contribution in [0.1, 0.15) is 12.5 Å². The van der Waals surface area contributed by atoms with Crippen LogP contribution in [0.2, 0.25) is 0 Å². The minimum absolute atomic E-state index is 0.0695. The van der Waals surface area contributed by atoms with Gasteiger partial charge in [0.25, 0.3) is 0 Å². The van der Waals surface area contributed by atoms with Gasteiger partial charge in [-0.05, 0) is 19.1 Å². The highest BCUT2D eigenvalue weighted by atomic mass is 32.2. The number of benzene rings is 1. The molecule has 222 valence electrons. The maximum atomic E-state index is 11.4. The summed E-state index contributed by atoms with van der Waals surface area (Å²) in [5.41, 5.74) is -0.744. The summed E-state index contributed by atoms with van der Waals surface area (Å²) in [5.74, 6) is -0.469. The second-order valence-corrected chi connectivity index (χ2v) is 9.42. The Morgan fingerprint density at radius 2 is 1.28 bits per heavy atom. The van der Waals surface area contributed by atoms with Gasteiger partial charge >= 0.3 is 5.97 Å². The molecule has 0 unspecified atom stereocenters. The summed E-state index contributed by atoms with van der Waals surface area (Å²) in [6, 6.07) is 5.05. The van der Waals surface area contributed by atoms with Crippen molar-refractivity contribution in [2.45, 2.75) is 12.5 Å². The highest BCUT2D eigenvalue weighted by Crippen LogP contribution is 2.37. The lowest BCUT2D eigenvalue weighted by atomic mass is 10.1. The largest absolute Gasteiger partial charge is 0.504 e. The number of rotatable bonds is 24. The van der Waals surface area contributed by atoms with Gasteiger partial charge in [0, 0.05) is 12.9 Å². The number of carboxylic acid groups (broad SMARTS) is 1. The van der Waals surface area contributed by atoms with Crippen LogP contribution in [0.3, 0.4) is 0 Å². The fraction of sp³-hybridized carbons (Fsp3) is 0.692. The molecule has 2 rings (SSSR count). The van der Waals surface area contributed by atoms with Crippen molar-refractivity contribution in [1.82, 2.24) is 0 Å². The monoisotopic (exact) mass is 575 g/mol. The topological polar surface area (TPSA) is 144 Å². The third-order valence-electron chi connectivity index (χ3n) is 5.31. The number of phenolic OH excluding ortho intramolecular Hbond substituents is 1. The Hall–Kier alpha value is -1.97. The van der Waals surface area contributed by atoms with Crippen molar-refractivity contribution in [2.24, 2.45) is 4.99 Å². The predicted molar refractivity (Wildman–Crippen MR) is 145 cm³/mol. The molecule has 1 aromatic carbocycles. The van der Waals surface area contributed by atoms with Crippen LogP contribution in [0.5, 0.6) is 11.5 Å². The molecule has 0 fully saturated rings. The average molecular weight is 576 g/mol. The van der Waals surface area contributed by atoms with E-state index in [1.165, 1.54) is 11.8 Å². The molecule has 1 atom stereocenters. The van der Waals surface area contributed by atoms with E-state index in [1.54, 1.807) is 32.2 Å². The highest BCUT2D eigenvalue weighted by Gasteiger charge is 2.39. The fourth-order valence-corrected chi connectivity index (χ4v) is 4.30. The standard InChI is InChI=1S/C26H41NO11S/c1-26(25(29)30)20-39-24(27-26)21-4-3-5-22(23(21)28)38-19-18-37-17-16-36-15-14-35-13-12-34-11-10-33-9-8-32-7-6-31-2/h3-5,28H,6-20H2,1-2H3,(H,29,30)/t26-/m1/s1. The van der Waals surface area contributed by atoms with Crippen molar-refractivity contribution in [3.8, 4) is 11.5 Å². The van der Waals surface area contributed by atoms with E-state index in [2.05, 4.69) is 4.99 Å². The molecule has 1 aliphatic rings. The Labute approximate surface area is 233 Å². The third-order valence-corrected chi connectivity index (χ3v) is 6.60. The zero-order chi connectivity index (χ0) is 28.2. The predicted octanol–water partition coefficient (Wildman–Crippen LogP) is 1.85. The number of thioether (sulfide) groups is 1. The van der Waals surface area contributed by atoms with Crippen LogP contribution < -0.4 is 4.74 Å². The van der Waals surface area contributed by atoms with Gasteiger partial charge in [0.2, 0.25) is 0 Å². The van der Waals surface area contributed by atoms with E-state index in [0.717, 1.165) is 0 Å². The van der Waals surface area contributed by atoms with Crippen LogP contribution >= 0.6 is 11.8 Å². The minimum Gasteiger partial charge on any atom is -0.504 e. The number of hydrogen-bond acceptors (Lipinski definition) is 12. The van der Waals surface area contributed by atoms with Gasteiger partial charge in [-0.25, -0.2) is 4.79 Å². The van der Waals surface area contributed by atoms with Gasteiger partial charge < -0.3 is 48.1 Å². The van der Waals surface area contributed by atoms with E-state index < -0.39 is 11.5 Å². The van der Waals surface area contributed by atoms with Crippen molar-refractivity contribution in [1.29, 1.82) is 0 Å². The van der Waals surface area contributed by atoms with E-state index in [-0.39, 0.29) is 18.1 Å². The molecule has 1 heterocycles. The molecule has 1 aromatic rings. The summed E-state index contributed by atoms with van der Waals surface area (Å²) < 4.78 is 43.0. The summed E-state index contributed by atoms with van der Waals surface area (Å²) in [6.45, 7) is 8.06. The first-order valence-electron chi connectivity index (χ1n) is 12.8. The molecule has 0 spiro atoms. The molecule has 13 heteroatoms. The molecule has 0 saturated heterocycles. The molecule has 0 aliphatic carbocycles. The zero-order valence-electron chi connectivity index (χ0n) is 22.8. The molecular formula is C26H41NO11S. The lowest BCUT2D eigenvalue weighted by Gasteiger charge is -2.12. The van der Waals surface area contributed by atoms with Gasteiger partial charge in [0.05, 0.1) is 91.5 Å². The number of carbonyl (C=O) groups is 1. The second kappa shape index (κ2) is 20.0. The molecule has 39 heavy (non-hydrogen) atoms. The number of aromatic hydroxyl groups is 1. The van der Waals surface area contributed by atoms with Gasteiger partial charge in [-0.3, -0.25) is 4.99 Å². The smallest absolute Gasteiger partial charge is 0.332 e. The number of aliphatic imine (C=N–C) groups is 1. The molecule has 0 bridgehead atoms. The maximum Gasteiger partial charge on any atom is 0.332 e. The zero-order valence-corrected chi connectivity index (χ0v) is 23.6. The minimum atomic E-state index is -1.20. The van der Waals surface area contributed by atoms with Crippen molar-refractivity contribution < 1.29 is 52.9 Å². The summed E-state index contributed by atoms with van der Waals surface area (Å²) in [5, 5.41) is 20.4. The van der Waals surface area contributed by atoms with Gasteiger partial charge in [-0.1, -0.05) is 6.07 Å². The van der Waals surface area contributed by atoms with Crippen LogP contribution in [0.25, 0.3) is 0 Å². The van der Waals surface area contributed by atoms with E-state index in [4.69, 9.17) is 37.9 Å². The molecule has 1 aliphatic heterocycles. The van der Waals surface area contributed by atoms with E-state index in [1.807, 2.05) is 0 Å². The summed E-state index contributed by atoms with van der Waals surface area (Å²) in [7, 11) is 1.64. The number of aliphatic carboxylic acids is 1. The van der Waals surface area contributed by atoms with Gasteiger partial charge in [-0.2, -0.15) is 0 Å². The Kier molecular flexibility index (Phi) is 17.0. The number of phenols is 1. The number of ether oxygens (including phenoxy) is 8. The lowest BCUT2D eigenvalue weighted by Crippen LogP contribution is -2.33. The van der Waals surface area contributed by atoms with Crippen LogP contribution in [0.15, 0.2) is 23.2 Å². The number of carboxylic acids is 1. The normalized spacial score (nSPS) is 16.9. The van der Waals surface area contributed by atoms with Crippen LogP contribution in [-0.2, 0) is 38.0 Å². The molecule has 0 aromatic heterocycles. The maximum absolute atomic E-state index is 11.4. The molecule has 12 nitrogen and oxygen atoms in total. The Balaban J connectivity index is 1.41. The number of para-hydroxylation sites is 1. The molecule has 0 saturated carbocycles. The Morgan fingerprint density at radius 1 is 0.821 bits per heavy atom. The van der Waals surface area contributed by atoms with Crippen LogP contribution in [0.4, 0.5) is 0 Å². The van der Waals surface area contributed by atoms with Crippen molar-refractivity contribution in [3.63, 3.8) is 0 Å². The van der Waals surface area contributed by atoms with Crippen LogP contribution in [0, 0.1) is 0 Å². The van der Waals surface area contributed by atoms with Gasteiger partial charge in [0.15, 0.2) is 17.0 Å². The first-order chi connectivity index (χ1) is 19.0. The number of nitrogens with zero attached hydrogens (tertiary/aromatic N) is 1. The quantitative estimate of drug-likeness (QED) is 0.174. The van der Waals surface area contributed by atoms with E-state index in [0.29, 0.717) is 102 Å². The lowest BCUT2D eigenvalue weighted by molar-refractivity contribution is -0.141. The summed E-state index contributed by atoms with van der Waals surface area (Å²) in [4.78, 5) is 15.7. The molecule has 0 radical (unpaired) electrons. The molecular weight excluding hydrogens is 534 g/mol. The highest BCUT2D eigenvalue weighted by molar-refractivity contribution is 8.14. The van der Waals surface area contributed by atoms with Crippen molar-refractivity contribution in [2.75, 3.05) is 105 Å².